The zero-order valence-corrected chi connectivity index (χ0v) is 10.9. The van der Waals surface area contributed by atoms with Crippen molar-refractivity contribution in [2.45, 2.75) is 11.9 Å². The summed E-state index contributed by atoms with van der Waals surface area (Å²) in [5.41, 5.74) is 0.403. The van der Waals surface area contributed by atoms with Crippen LogP contribution < -0.4 is 0 Å². The number of hydrogen-bond acceptors (Lipinski definition) is 3. The quantitative estimate of drug-likeness (QED) is 0.663. The average Bonchev–Trinajstić information content (AvgIpc) is 2.39. The van der Waals surface area contributed by atoms with Gasteiger partial charge >= 0.3 is 29.6 Å². The van der Waals surface area contributed by atoms with E-state index in [-0.39, 0.29) is 35.1 Å². The van der Waals surface area contributed by atoms with E-state index >= 15 is 0 Å². The summed E-state index contributed by atoms with van der Waals surface area (Å²) in [5, 5.41) is 9.40. The molecule has 0 bridgehead atoms. The predicted molar refractivity (Wildman–Crippen MR) is 79.3 cm³/mol. The van der Waals surface area contributed by atoms with E-state index in [1.54, 1.807) is 12.1 Å². The van der Waals surface area contributed by atoms with Gasteiger partial charge in [0.1, 0.15) is 0 Å². The second kappa shape index (κ2) is 7.36. The van der Waals surface area contributed by atoms with E-state index < -0.39 is 15.6 Å². The summed E-state index contributed by atoms with van der Waals surface area (Å²) < 4.78 is 30.4. The molecule has 0 amide bonds. The summed E-state index contributed by atoms with van der Waals surface area (Å²) in [7, 11) is -4.47. The molecule has 0 aliphatic rings. The number of aliphatic hydroxyl groups excluding tert-OH is 1. The molecule has 1 atom stereocenters. The number of hydrogen-bond donors (Lipinski definition) is 2. The van der Waals surface area contributed by atoms with Crippen LogP contribution in [0.4, 0.5) is 0 Å². The minimum absolute atomic E-state index is 0. The molecule has 4 nitrogen and oxygen atoms in total. The Balaban J connectivity index is 0.00000200. The molecule has 0 aliphatic carbocycles. The Kier molecular flexibility index (Phi) is 6.39. The molecule has 2 rings (SSSR count). The first-order chi connectivity index (χ1) is 8.97. The van der Waals surface area contributed by atoms with Gasteiger partial charge in [-0.15, -0.1) is 0 Å². The fourth-order valence-electron chi connectivity index (χ4n) is 1.80. The molecule has 1 unspecified atom stereocenters. The van der Waals surface area contributed by atoms with E-state index in [2.05, 4.69) is 0 Å². The van der Waals surface area contributed by atoms with Gasteiger partial charge in [-0.25, -0.2) is 0 Å². The van der Waals surface area contributed by atoms with Crippen molar-refractivity contribution in [2.75, 3.05) is 0 Å². The van der Waals surface area contributed by atoms with Gasteiger partial charge in [-0.1, -0.05) is 54.6 Å². The Labute approximate surface area is 140 Å². The number of aliphatic hydroxyl groups is 1. The molecule has 0 heterocycles. The predicted octanol–water partition coefficient (Wildman–Crippen LogP) is 1.51. The van der Waals surface area contributed by atoms with Gasteiger partial charge < -0.3 is 5.11 Å². The molecule has 2 N–H and O–H groups in total. The van der Waals surface area contributed by atoms with Gasteiger partial charge in [-0.2, -0.15) is 8.42 Å². The fraction of sp³-hybridized carbons (Fsp3) is 0.143. The maximum atomic E-state index is 10.8. The topological polar surface area (TPSA) is 74.6 Å². The van der Waals surface area contributed by atoms with Crippen molar-refractivity contribution in [1.29, 1.82) is 0 Å². The van der Waals surface area contributed by atoms with Gasteiger partial charge in [-0.05, 0) is 23.1 Å². The van der Waals surface area contributed by atoms with Crippen LogP contribution in [0.5, 0.6) is 0 Å². The zero-order chi connectivity index (χ0) is 13.9. The molecule has 0 radical (unpaired) electrons. The van der Waals surface area contributed by atoms with Crippen LogP contribution in [0.1, 0.15) is 22.1 Å². The van der Waals surface area contributed by atoms with Crippen LogP contribution >= 0.6 is 0 Å². The van der Waals surface area contributed by atoms with Gasteiger partial charge in [0.15, 0.2) is 0 Å². The van der Waals surface area contributed by atoms with Crippen molar-refractivity contribution >= 4 is 39.7 Å². The maximum absolute atomic E-state index is 10.8. The van der Waals surface area contributed by atoms with E-state index in [4.69, 9.17) is 4.55 Å². The summed E-state index contributed by atoms with van der Waals surface area (Å²) >= 11 is 0. The van der Waals surface area contributed by atoms with E-state index in [0.717, 1.165) is 17.5 Å². The summed E-state index contributed by atoms with van der Waals surface area (Å²) in [4.78, 5) is 0. The second-order valence-corrected chi connectivity index (χ2v) is 5.75. The third-order valence-electron chi connectivity index (χ3n) is 2.80. The van der Waals surface area contributed by atoms with Crippen LogP contribution in [0.3, 0.4) is 0 Å². The van der Waals surface area contributed by atoms with Crippen LogP contribution in [0.2, 0.25) is 0 Å². The van der Waals surface area contributed by atoms with Crippen molar-refractivity contribution in [2.24, 2.45) is 0 Å². The minimum atomic E-state index is -4.47. The van der Waals surface area contributed by atoms with Crippen molar-refractivity contribution in [3.63, 3.8) is 0 Å². The third kappa shape index (κ3) is 4.70. The monoisotopic (exact) mass is 302 g/mol. The Morgan fingerprint density at radius 2 is 1.40 bits per heavy atom. The van der Waals surface area contributed by atoms with Gasteiger partial charge in [-0.3, -0.25) is 4.55 Å². The van der Waals surface area contributed by atoms with E-state index in [1.807, 2.05) is 30.3 Å². The summed E-state index contributed by atoms with van der Waals surface area (Å²) in [5.74, 6) is 0. The Morgan fingerprint density at radius 3 is 1.90 bits per heavy atom. The molecule has 0 saturated heterocycles. The number of benzene rings is 2. The van der Waals surface area contributed by atoms with Gasteiger partial charge in [0.2, 0.25) is 5.44 Å². The van der Waals surface area contributed by atoms with Crippen LogP contribution in [0, 0.1) is 0 Å². The molecular weight excluding hydrogens is 287 g/mol. The summed E-state index contributed by atoms with van der Waals surface area (Å²) in [6.45, 7) is 0. The molecule has 20 heavy (non-hydrogen) atoms. The molecule has 0 aliphatic heterocycles. The first-order valence-corrected chi connectivity index (χ1v) is 7.24. The molecule has 2 aromatic carbocycles. The third-order valence-corrected chi connectivity index (χ3v) is 3.63. The SMILES string of the molecule is O=S(=O)(O)C(O)c1ccc(Cc2ccccc2)cc1.[NaH]. The Morgan fingerprint density at radius 1 is 0.900 bits per heavy atom. The van der Waals surface area contributed by atoms with Gasteiger partial charge in [0.25, 0.3) is 10.1 Å². The van der Waals surface area contributed by atoms with Crippen LogP contribution in [0.15, 0.2) is 54.6 Å². The van der Waals surface area contributed by atoms with Crippen LogP contribution in [-0.4, -0.2) is 47.6 Å². The van der Waals surface area contributed by atoms with Gasteiger partial charge in [0, 0.05) is 0 Å². The fourth-order valence-corrected chi connectivity index (χ4v) is 2.30. The molecule has 2 aromatic rings. The summed E-state index contributed by atoms with van der Waals surface area (Å²) in [6, 6.07) is 16.3. The Hall–Kier alpha value is -0.690. The molecule has 0 spiro atoms. The number of rotatable bonds is 4. The van der Waals surface area contributed by atoms with Gasteiger partial charge in [0.05, 0.1) is 0 Å². The standard InChI is InChI=1S/C14H14O4S.Na.H/c15-14(19(16,17)18)13-8-6-12(7-9-13)10-11-4-2-1-3-5-11;;/h1-9,14-15H,10H2,(H,16,17,18);;. The summed E-state index contributed by atoms with van der Waals surface area (Å²) in [6.07, 6.45) is 0.725. The average molecular weight is 302 g/mol. The van der Waals surface area contributed by atoms with Crippen molar-refractivity contribution in [3.05, 3.63) is 71.3 Å². The Bertz CT molecular complexity index is 639. The molecule has 0 fully saturated rings. The van der Waals surface area contributed by atoms with Crippen molar-refractivity contribution in [1.82, 2.24) is 0 Å². The van der Waals surface area contributed by atoms with E-state index in [1.165, 1.54) is 12.1 Å². The van der Waals surface area contributed by atoms with E-state index in [9.17, 15) is 13.5 Å². The van der Waals surface area contributed by atoms with Crippen LogP contribution in [0.25, 0.3) is 0 Å². The molecule has 0 saturated carbocycles. The normalized spacial score (nSPS) is 12.5. The van der Waals surface area contributed by atoms with Crippen molar-refractivity contribution < 1.29 is 18.1 Å². The van der Waals surface area contributed by atoms with E-state index in [0.29, 0.717) is 0 Å². The first kappa shape index (κ1) is 17.4. The zero-order valence-electron chi connectivity index (χ0n) is 10.1. The molecule has 102 valence electrons. The first-order valence-electron chi connectivity index (χ1n) is 5.74. The molecule has 0 aromatic heterocycles. The second-order valence-electron chi connectivity index (χ2n) is 4.27. The van der Waals surface area contributed by atoms with Crippen molar-refractivity contribution in [3.8, 4) is 0 Å². The molecular formula is C14H15NaO4S. The molecule has 6 heteroatoms. The van der Waals surface area contributed by atoms with Crippen LogP contribution in [-0.2, 0) is 16.5 Å².